The predicted molar refractivity (Wildman–Crippen MR) is 128 cm³/mol. The van der Waals surface area contributed by atoms with E-state index in [0.717, 1.165) is 41.5 Å². The van der Waals surface area contributed by atoms with Gasteiger partial charge in [0.05, 0.1) is 0 Å². The molecule has 2 N–H and O–H groups in total. The fraction of sp³-hybridized carbons (Fsp3) is 0.444. The zero-order valence-corrected chi connectivity index (χ0v) is 19.7. The van der Waals surface area contributed by atoms with E-state index in [9.17, 15) is 14.4 Å². The Balaban J connectivity index is 1.45. The van der Waals surface area contributed by atoms with E-state index in [0.29, 0.717) is 0 Å². The first-order valence-corrected chi connectivity index (χ1v) is 12.0. The van der Waals surface area contributed by atoms with Crippen LogP contribution in [0, 0.1) is 0 Å². The molecule has 0 bridgehead atoms. The Morgan fingerprint density at radius 2 is 1.56 bits per heavy atom. The van der Waals surface area contributed by atoms with E-state index in [1.807, 2.05) is 50.2 Å². The molecule has 1 fully saturated rings. The van der Waals surface area contributed by atoms with Crippen molar-refractivity contribution in [2.45, 2.75) is 70.0 Å². The third-order valence-electron chi connectivity index (χ3n) is 7.03. The van der Waals surface area contributed by atoms with Gasteiger partial charge in [-0.2, -0.15) is 0 Å². The lowest BCUT2D eigenvalue weighted by Gasteiger charge is -2.41. The Kier molecular flexibility index (Phi) is 7.20. The third-order valence-corrected chi connectivity index (χ3v) is 7.03. The maximum atomic E-state index is 13.3. The summed E-state index contributed by atoms with van der Waals surface area (Å²) in [6.07, 6.45) is 1.94. The molecular formula is C27H32N2O5. The summed E-state index contributed by atoms with van der Waals surface area (Å²) in [4.78, 5) is 39.1. The number of nitrogens with zero attached hydrogens (tertiary/aromatic N) is 1. The molecule has 0 spiro atoms. The number of piperidine rings is 1. The standard InChI is InChI=1S/C27H32N2O5/c1-17-8-7-9-18(2)29(17)26(32)24(14-15-25(30)31)28-27(33)34-16-23-21-12-5-3-10-19(21)20-11-4-6-13-22(20)23/h3-6,10-13,17-18,23-24H,7-9,14-16H2,1-2H3,(H,28,33)(H,30,31). The monoisotopic (exact) mass is 464 g/mol. The minimum Gasteiger partial charge on any atom is -0.481 e. The molecular weight excluding hydrogens is 432 g/mol. The number of carbonyl (C=O) groups is 3. The van der Waals surface area contributed by atoms with Crippen molar-refractivity contribution in [1.82, 2.24) is 10.2 Å². The number of aliphatic carboxylic acids is 1. The normalized spacial score (nSPS) is 20.2. The zero-order valence-electron chi connectivity index (χ0n) is 19.7. The largest absolute Gasteiger partial charge is 0.481 e. The van der Waals surface area contributed by atoms with Crippen molar-refractivity contribution >= 4 is 18.0 Å². The van der Waals surface area contributed by atoms with Gasteiger partial charge in [-0.1, -0.05) is 48.5 Å². The molecule has 2 aromatic carbocycles. The van der Waals surface area contributed by atoms with Crippen molar-refractivity contribution in [2.75, 3.05) is 6.61 Å². The highest BCUT2D eigenvalue weighted by atomic mass is 16.5. The van der Waals surface area contributed by atoms with Gasteiger partial charge in [-0.25, -0.2) is 4.79 Å². The minimum atomic E-state index is -1.01. The van der Waals surface area contributed by atoms with E-state index < -0.39 is 18.1 Å². The molecule has 2 amide bonds. The van der Waals surface area contributed by atoms with Gasteiger partial charge in [0.2, 0.25) is 5.91 Å². The van der Waals surface area contributed by atoms with Crippen molar-refractivity contribution in [3.05, 3.63) is 59.7 Å². The van der Waals surface area contributed by atoms with Crippen LogP contribution in [0.1, 0.15) is 63.0 Å². The van der Waals surface area contributed by atoms with Gasteiger partial charge in [-0.15, -0.1) is 0 Å². The fourth-order valence-corrected chi connectivity index (χ4v) is 5.34. The van der Waals surface area contributed by atoms with Crippen LogP contribution in [0.4, 0.5) is 4.79 Å². The number of ether oxygens (including phenoxy) is 1. The summed E-state index contributed by atoms with van der Waals surface area (Å²) in [5.74, 6) is -1.34. The Hall–Kier alpha value is -3.35. The summed E-state index contributed by atoms with van der Waals surface area (Å²) >= 11 is 0. The third kappa shape index (κ3) is 4.93. The van der Waals surface area contributed by atoms with Gasteiger partial charge in [0, 0.05) is 24.4 Å². The number of carbonyl (C=O) groups excluding carboxylic acids is 2. The molecule has 1 heterocycles. The molecule has 0 saturated carbocycles. The molecule has 4 rings (SSSR count). The molecule has 3 atom stereocenters. The van der Waals surface area contributed by atoms with Gasteiger partial charge in [0.1, 0.15) is 12.6 Å². The van der Waals surface area contributed by atoms with Crippen molar-refractivity contribution < 1.29 is 24.2 Å². The highest BCUT2D eigenvalue weighted by Gasteiger charge is 2.35. The number of fused-ring (bicyclic) bond motifs is 3. The van der Waals surface area contributed by atoms with Crippen LogP contribution in [0.3, 0.4) is 0 Å². The maximum Gasteiger partial charge on any atom is 0.407 e. The number of carboxylic acids is 1. The quantitative estimate of drug-likeness (QED) is 0.627. The molecule has 0 radical (unpaired) electrons. The van der Waals surface area contributed by atoms with Crippen LogP contribution >= 0.6 is 0 Å². The summed E-state index contributed by atoms with van der Waals surface area (Å²) in [6.45, 7) is 4.13. The number of hydrogen-bond acceptors (Lipinski definition) is 4. The fourth-order valence-electron chi connectivity index (χ4n) is 5.34. The van der Waals surface area contributed by atoms with E-state index in [1.165, 1.54) is 0 Å². The summed E-state index contributed by atoms with van der Waals surface area (Å²) in [7, 11) is 0. The number of amides is 2. The molecule has 2 aromatic rings. The van der Waals surface area contributed by atoms with E-state index in [2.05, 4.69) is 17.4 Å². The lowest BCUT2D eigenvalue weighted by atomic mass is 9.95. The van der Waals surface area contributed by atoms with Gasteiger partial charge in [0.15, 0.2) is 0 Å². The summed E-state index contributed by atoms with van der Waals surface area (Å²) in [6, 6.07) is 15.3. The second-order valence-electron chi connectivity index (χ2n) is 9.33. The number of likely N-dealkylation sites (tertiary alicyclic amines) is 1. The second-order valence-corrected chi connectivity index (χ2v) is 9.33. The average Bonchev–Trinajstić information content (AvgIpc) is 3.14. The molecule has 34 heavy (non-hydrogen) atoms. The molecule has 1 saturated heterocycles. The van der Waals surface area contributed by atoms with Crippen LogP contribution in [-0.4, -0.2) is 52.7 Å². The van der Waals surface area contributed by atoms with E-state index >= 15 is 0 Å². The molecule has 0 aromatic heterocycles. The smallest absolute Gasteiger partial charge is 0.407 e. The summed E-state index contributed by atoms with van der Waals surface area (Å²) < 4.78 is 5.60. The first kappa shape index (κ1) is 23.8. The van der Waals surface area contributed by atoms with E-state index in [1.54, 1.807) is 4.90 Å². The number of alkyl carbamates (subject to hydrolysis) is 1. The van der Waals surface area contributed by atoms with Crippen LogP contribution in [-0.2, 0) is 14.3 Å². The van der Waals surface area contributed by atoms with Crippen molar-refractivity contribution in [3.63, 3.8) is 0 Å². The van der Waals surface area contributed by atoms with Crippen molar-refractivity contribution in [2.24, 2.45) is 0 Å². The molecule has 3 unspecified atom stereocenters. The van der Waals surface area contributed by atoms with Gasteiger partial charge < -0.3 is 20.1 Å². The molecule has 2 aliphatic rings. The molecule has 1 aliphatic heterocycles. The Morgan fingerprint density at radius 1 is 1.00 bits per heavy atom. The van der Waals surface area contributed by atoms with Crippen molar-refractivity contribution in [3.8, 4) is 11.1 Å². The maximum absolute atomic E-state index is 13.3. The summed E-state index contributed by atoms with van der Waals surface area (Å²) in [5, 5.41) is 11.8. The Morgan fingerprint density at radius 3 is 2.12 bits per heavy atom. The lowest BCUT2D eigenvalue weighted by Crippen LogP contribution is -2.55. The van der Waals surface area contributed by atoms with Gasteiger partial charge >= 0.3 is 12.1 Å². The lowest BCUT2D eigenvalue weighted by molar-refractivity contribution is -0.140. The number of hydrogen-bond donors (Lipinski definition) is 2. The van der Waals surface area contributed by atoms with Crippen LogP contribution in [0.5, 0.6) is 0 Å². The first-order valence-electron chi connectivity index (χ1n) is 12.0. The average molecular weight is 465 g/mol. The number of carboxylic acid groups (broad SMARTS) is 1. The van der Waals surface area contributed by atoms with Crippen LogP contribution in [0.2, 0.25) is 0 Å². The Bertz CT molecular complexity index is 1010. The van der Waals surface area contributed by atoms with Crippen LogP contribution in [0.15, 0.2) is 48.5 Å². The second kappa shape index (κ2) is 10.3. The topological polar surface area (TPSA) is 95.9 Å². The van der Waals surface area contributed by atoms with Crippen molar-refractivity contribution in [1.29, 1.82) is 0 Å². The predicted octanol–water partition coefficient (Wildman–Crippen LogP) is 4.55. The van der Waals surface area contributed by atoms with E-state index in [4.69, 9.17) is 9.84 Å². The minimum absolute atomic E-state index is 0.0221. The van der Waals surface area contributed by atoms with Gasteiger partial charge in [-0.3, -0.25) is 9.59 Å². The van der Waals surface area contributed by atoms with E-state index in [-0.39, 0.29) is 43.4 Å². The number of rotatable bonds is 7. The SMILES string of the molecule is CC1CCCC(C)N1C(=O)C(CCC(=O)O)NC(=O)OCC1c2ccccc2-c2ccccc21. The molecule has 1 aliphatic carbocycles. The van der Waals surface area contributed by atoms with Gasteiger partial charge in [-0.05, 0) is 61.8 Å². The zero-order chi connectivity index (χ0) is 24.2. The first-order chi connectivity index (χ1) is 16.4. The molecule has 180 valence electrons. The molecule has 7 heteroatoms. The number of nitrogens with one attached hydrogen (secondary N) is 1. The van der Waals surface area contributed by atoms with Crippen LogP contribution in [0.25, 0.3) is 11.1 Å². The summed E-state index contributed by atoms with van der Waals surface area (Å²) in [5.41, 5.74) is 4.47. The highest BCUT2D eigenvalue weighted by Crippen LogP contribution is 2.44. The molecule has 7 nitrogen and oxygen atoms in total. The number of benzene rings is 2. The van der Waals surface area contributed by atoms with Crippen LogP contribution < -0.4 is 5.32 Å². The van der Waals surface area contributed by atoms with Gasteiger partial charge in [0.25, 0.3) is 0 Å². The highest BCUT2D eigenvalue weighted by molar-refractivity contribution is 5.87. The Labute approximate surface area is 200 Å².